The minimum Gasteiger partial charge on any atom is -0.493 e. The van der Waals surface area contributed by atoms with Crippen molar-refractivity contribution in [2.45, 2.75) is 6.42 Å². The van der Waals surface area contributed by atoms with E-state index in [1.807, 2.05) is 36.4 Å². The number of ether oxygens (including phenoxy) is 1. The molecule has 1 N–H and O–H groups in total. The van der Waals surface area contributed by atoms with E-state index in [2.05, 4.69) is 11.4 Å². The summed E-state index contributed by atoms with van der Waals surface area (Å²) in [5.41, 5.74) is 0. The lowest BCUT2D eigenvalue weighted by Gasteiger charge is -2.14. The molecule has 0 spiro atoms. The van der Waals surface area contributed by atoms with Crippen molar-refractivity contribution in [1.29, 1.82) is 0 Å². The highest BCUT2D eigenvalue weighted by Crippen LogP contribution is 2.16. The molecule has 1 unspecified atom stereocenters. The number of para-hydroxylation sites is 1. The lowest BCUT2D eigenvalue weighted by molar-refractivity contribution is 0.163. The monoisotopic (exact) mass is 248 g/mol. The number of aliphatic hydroxyl groups is 1. The Hall–Kier alpha value is -1.32. The van der Waals surface area contributed by atoms with Gasteiger partial charge >= 0.3 is 0 Å². The molecular formula is C14H16O2S. The maximum absolute atomic E-state index is 9.33. The summed E-state index contributed by atoms with van der Waals surface area (Å²) in [4.78, 5) is 1.29. The Morgan fingerprint density at radius 1 is 1.12 bits per heavy atom. The van der Waals surface area contributed by atoms with Crippen molar-refractivity contribution in [3.05, 3.63) is 52.7 Å². The Morgan fingerprint density at radius 2 is 1.94 bits per heavy atom. The Kier molecular flexibility index (Phi) is 4.59. The highest BCUT2D eigenvalue weighted by molar-refractivity contribution is 7.09. The Balaban J connectivity index is 1.84. The van der Waals surface area contributed by atoms with Crippen molar-refractivity contribution >= 4 is 11.3 Å². The van der Waals surface area contributed by atoms with Crippen LogP contribution in [0.2, 0.25) is 0 Å². The molecule has 0 aliphatic heterocycles. The van der Waals surface area contributed by atoms with Gasteiger partial charge in [-0.3, -0.25) is 0 Å². The highest BCUT2D eigenvalue weighted by atomic mass is 32.1. The first-order valence-corrected chi connectivity index (χ1v) is 6.57. The molecule has 0 radical (unpaired) electrons. The smallest absolute Gasteiger partial charge is 0.119 e. The standard InChI is InChI=1S/C14H16O2S/c15-10-12(9-14-7-4-8-17-14)11-16-13-5-2-1-3-6-13/h1-8,12,15H,9-11H2. The zero-order chi connectivity index (χ0) is 11.9. The molecule has 2 aromatic rings. The van der Waals surface area contributed by atoms with Crippen molar-refractivity contribution in [2.24, 2.45) is 5.92 Å². The van der Waals surface area contributed by atoms with Crippen molar-refractivity contribution in [3.63, 3.8) is 0 Å². The summed E-state index contributed by atoms with van der Waals surface area (Å²) in [6.07, 6.45) is 0.876. The van der Waals surface area contributed by atoms with Gasteiger partial charge in [-0.1, -0.05) is 24.3 Å². The van der Waals surface area contributed by atoms with E-state index in [0.29, 0.717) is 6.61 Å². The van der Waals surface area contributed by atoms with Crippen LogP contribution in [-0.4, -0.2) is 18.3 Å². The van der Waals surface area contributed by atoms with Crippen molar-refractivity contribution in [1.82, 2.24) is 0 Å². The van der Waals surface area contributed by atoms with Crippen molar-refractivity contribution in [2.75, 3.05) is 13.2 Å². The van der Waals surface area contributed by atoms with Gasteiger partial charge in [0.25, 0.3) is 0 Å². The third kappa shape index (κ3) is 3.88. The summed E-state index contributed by atoms with van der Waals surface area (Å²) in [6.45, 7) is 0.711. The van der Waals surface area contributed by atoms with Crippen LogP contribution in [-0.2, 0) is 6.42 Å². The number of hydrogen-bond donors (Lipinski definition) is 1. The van der Waals surface area contributed by atoms with Gasteiger partial charge in [0.2, 0.25) is 0 Å². The molecule has 0 saturated heterocycles. The van der Waals surface area contributed by atoms with E-state index in [9.17, 15) is 5.11 Å². The van der Waals surface area contributed by atoms with E-state index in [-0.39, 0.29) is 12.5 Å². The quantitative estimate of drug-likeness (QED) is 0.851. The fourth-order valence-corrected chi connectivity index (χ4v) is 2.44. The first-order valence-electron chi connectivity index (χ1n) is 5.69. The number of benzene rings is 1. The van der Waals surface area contributed by atoms with Crippen LogP contribution in [0.1, 0.15) is 4.88 Å². The van der Waals surface area contributed by atoms with Gasteiger partial charge in [-0.2, -0.15) is 0 Å². The second kappa shape index (κ2) is 6.42. The minimum absolute atomic E-state index is 0.157. The van der Waals surface area contributed by atoms with Crippen LogP contribution in [0.3, 0.4) is 0 Å². The van der Waals surface area contributed by atoms with Gasteiger partial charge in [0.15, 0.2) is 0 Å². The van der Waals surface area contributed by atoms with Crippen LogP contribution in [0.15, 0.2) is 47.8 Å². The third-order valence-corrected chi connectivity index (χ3v) is 3.46. The number of aliphatic hydroxyl groups excluding tert-OH is 1. The SMILES string of the molecule is OCC(COc1ccccc1)Cc1cccs1. The fraction of sp³-hybridized carbons (Fsp3) is 0.286. The van der Waals surface area contributed by atoms with E-state index in [1.54, 1.807) is 11.3 Å². The van der Waals surface area contributed by atoms with Crippen molar-refractivity contribution < 1.29 is 9.84 Å². The van der Waals surface area contributed by atoms with E-state index in [4.69, 9.17) is 4.74 Å². The molecular weight excluding hydrogens is 232 g/mol. The fourth-order valence-electron chi connectivity index (χ4n) is 1.62. The number of hydrogen-bond acceptors (Lipinski definition) is 3. The minimum atomic E-state index is 0.157. The predicted octanol–water partition coefficient (Wildman–Crippen LogP) is 2.98. The van der Waals surface area contributed by atoms with Gasteiger partial charge in [0.05, 0.1) is 6.61 Å². The Morgan fingerprint density at radius 3 is 2.59 bits per heavy atom. The lowest BCUT2D eigenvalue weighted by atomic mass is 10.1. The lowest BCUT2D eigenvalue weighted by Crippen LogP contribution is -2.18. The van der Waals surface area contributed by atoms with Crippen LogP contribution in [0, 0.1) is 5.92 Å². The molecule has 1 aromatic heterocycles. The normalized spacial score (nSPS) is 12.3. The first kappa shape index (κ1) is 12.1. The third-order valence-electron chi connectivity index (χ3n) is 2.56. The topological polar surface area (TPSA) is 29.5 Å². The Labute approximate surface area is 105 Å². The van der Waals surface area contributed by atoms with Gasteiger partial charge in [-0.05, 0) is 30.0 Å². The maximum Gasteiger partial charge on any atom is 0.119 e. The largest absolute Gasteiger partial charge is 0.493 e. The van der Waals surface area contributed by atoms with Crippen LogP contribution in [0.5, 0.6) is 5.75 Å². The summed E-state index contributed by atoms with van der Waals surface area (Å²) in [5.74, 6) is 1.02. The van der Waals surface area contributed by atoms with E-state index in [0.717, 1.165) is 12.2 Å². The van der Waals surface area contributed by atoms with Crippen molar-refractivity contribution in [3.8, 4) is 5.75 Å². The summed E-state index contributed by atoms with van der Waals surface area (Å²) in [6, 6.07) is 13.8. The molecule has 1 heterocycles. The summed E-state index contributed by atoms with van der Waals surface area (Å²) in [7, 11) is 0. The first-order chi connectivity index (χ1) is 8.38. The molecule has 1 atom stereocenters. The van der Waals surface area contributed by atoms with Gasteiger partial charge in [-0.15, -0.1) is 11.3 Å². The molecule has 0 aliphatic rings. The summed E-state index contributed by atoms with van der Waals surface area (Å²) in [5, 5.41) is 11.4. The second-order valence-electron chi connectivity index (χ2n) is 3.96. The average molecular weight is 248 g/mol. The molecule has 0 amide bonds. The van der Waals surface area contributed by atoms with E-state index >= 15 is 0 Å². The molecule has 0 fully saturated rings. The highest BCUT2D eigenvalue weighted by Gasteiger charge is 2.10. The van der Waals surface area contributed by atoms with Gasteiger partial charge in [-0.25, -0.2) is 0 Å². The van der Waals surface area contributed by atoms with Gasteiger partial charge < -0.3 is 9.84 Å². The molecule has 2 rings (SSSR count). The number of thiophene rings is 1. The second-order valence-corrected chi connectivity index (χ2v) is 4.99. The van der Waals surface area contributed by atoms with Crippen LogP contribution in [0.4, 0.5) is 0 Å². The van der Waals surface area contributed by atoms with E-state index < -0.39 is 0 Å². The van der Waals surface area contributed by atoms with Crippen LogP contribution in [0.25, 0.3) is 0 Å². The molecule has 0 bridgehead atoms. The molecule has 0 aliphatic carbocycles. The molecule has 2 nitrogen and oxygen atoms in total. The van der Waals surface area contributed by atoms with Crippen LogP contribution >= 0.6 is 11.3 Å². The van der Waals surface area contributed by atoms with Gasteiger partial charge in [0, 0.05) is 17.4 Å². The number of rotatable bonds is 6. The molecule has 3 heteroatoms. The van der Waals surface area contributed by atoms with E-state index in [1.165, 1.54) is 4.88 Å². The average Bonchev–Trinajstić information content (AvgIpc) is 2.88. The van der Waals surface area contributed by atoms with Crippen LogP contribution < -0.4 is 4.74 Å². The predicted molar refractivity (Wildman–Crippen MR) is 70.5 cm³/mol. The van der Waals surface area contributed by atoms with Gasteiger partial charge in [0.1, 0.15) is 5.75 Å². The molecule has 1 aromatic carbocycles. The Bertz CT molecular complexity index is 411. The summed E-state index contributed by atoms with van der Waals surface area (Å²) >= 11 is 1.72. The molecule has 0 saturated carbocycles. The maximum atomic E-state index is 9.33. The summed E-state index contributed by atoms with van der Waals surface area (Å²) < 4.78 is 5.65. The zero-order valence-corrected chi connectivity index (χ0v) is 10.4. The molecule has 17 heavy (non-hydrogen) atoms. The zero-order valence-electron chi connectivity index (χ0n) is 9.58. The molecule has 90 valence electrons.